The maximum absolute atomic E-state index is 9.94. The fourth-order valence-corrected chi connectivity index (χ4v) is 1.85. The molecule has 0 radical (unpaired) electrons. The van der Waals surface area contributed by atoms with E-state index in [9.17, 15) is 10.2 Å². The number of aliphatic hydroxyl groups is 2. The van der Waals surface area contributed by atoms with Crippen molar-refractivity contribution >= 4 is 7.85 Å². The largest absolute Gasteiger partial charge is 0.392 e. The van der Waals surface area contributed by atoms with Crippen molar-refractivity contribution in [1.29, 1.82) is 0 Å². The van der Waals surface area contributed by atoms with Gasteiger partial charge in [0.15, 0.2) is 5.60 Å². The Balaban J connectivity index is 3.00. The van der Waals surface area contributed by atoms with E-state index in [1.807, 2.05) is 7.85 Å². The van der Waals surface area contributed by atoms with Crippen LogP contribution in [-0.4, -0.2) is 42.4 Å². The Hall–Kier alpha value is -0.755. The lowest BCUT2D eigenvalue weighted by Gasteiger charge is -2.24. The molecule has 1 aliphatic heterocycles. The summed E-state index contributed by atoms with van der Waals surface area (Å²) in [5.74, 6) is 5.22. The fourth-order valence-electron chi connectivity index (χ4n) is 1.85. The van der Waals surface area contributed by atoms with Gasteiger partial charge in [-0.2, -0.15) is 0 Å². The zero-order valence-corrected chi connectivity index (χ0v) is 8.53. The first-order chi connectivity index (χ1) is 6.61. The molecule has 0 unspecified atom stereocenters. The van der Waals surface area contributed by atoms with Gasteiger partial charge in [0.2, 0.25) is 0 Å². The van der Waals surface area contributed by atoms with Gasteiger partial charge in [-0.3, -0.25) is 0 Å². The minimum Gasteiger partial charge on any atom is -0.392 e. The molecule has 0 aliphatic carbocycles. The summed E-state index contributed by atoms with van der Waals surface area (Å²) in [4.78, 5) is 0. The molecule has 14 heavy (non-hydrogen) atoms. The Morgan fingerprint density at radius 1 is 1.71 bits per heavy atom. The molecule has 0 amide bonds. The lowest BCUT2D eigenvalue weighted by molar-refractivity contribution is -0.0562. The molecule has 1 saturated heterocycles. The Labute approximate surface area is 85.2 Å². The molecule has 0 aromatic rings. The third kappa shape index (κ3) is 1.59. The summed E-state index contributed by atoms with van der Waals surface area (Å²) < 4.78 is 5.51. The first-order valence-corrected chi connectivity index (χ1v) is 4.64. The molecule has 4 atom stereocenters. The van der Waals surface area contributed by atoms with E-state index >= 15 is 0 Å². The first-order valence-electron chi connectivity index (χ1n) is 4.64. The van der Waals surface area contributed by atoms with Gasteiger partial charge < -0.3 is 14.9 Å². The number of hydrogen-bond donors (Lipinski definition) is 2. The van der Waals surface area contributed by atoms with Crippen LogP contribution in [0.25, 0.3) is 0 Å². The maximum atomic E-state index is 9.94. The van der Waals surface area contributed by atoms with Gasteiger partial charge in [0, 0.05) is 11.9 Å². The molecule has 3 nitrogen and oxygen atoms in total. The van der Waals surface area contributed by atoms with E-state index in [0.717, 1.165) is 0 Å². The van der Waals surface area contributed by atoms with Crippen molar-refractivity contribution in [3.8, 4) is 11.8 Å². The molecule has 0 saturated carbocycles. The molecular weight excluding hydrogens is 179 g/mol. The Morgan fingerprint density at radius 3 is 2.71 bits per heavy atom. The minimum absolute atomic E-state index is 0.171. The number of rotatable bonds is 2. The molecule has 0 aromatic carbocycles. The number of hydrogen-bond acceptors (Lipinski definition) is 3. The maximum Gasteiger partial charge on any atom is 0.177 e. The summed E-state index contributed by atoms with van der Waals surface area (Å²) in [6.45, 7) is 4.98. The van der Waals surface area contributed by atoms with Crippen LogP contribution in [-0.2, 0) is 4.74 Å². The van der Waals surface area contributed by atoms with Crippen LogP contribution in [0.1, 0.15) is 6.92 Å². The van der Waals surface area contributed by atoms with Crippen LogP contribution in [0.2, 0.25) is 0 Å². The van der Waals surface area contributed by atoms with Crippen molar-refractivity contribution in [2.75, 3.05) is 6.61 Å². The molecule has 1 aliphatic rings. The van der Waals surface area contributed by atoms with E-state index in [0.29, 0.717) is 0 Å². The highest BCUT2D eigenvalue weighted by molar-refractivity contribution is 6.11. The van der Waals surface area contributed by atoms with E-state index < -0.39 is 11.7 Å². The summed E-state index contributed by atoms with van der Waals surface area (Å²) in [7, 11) is 1.84. The zero-order valence-electron chi connectivity index (χ0n) is 8.53. The van der Waals surface area contributed by atoms with Crippen molar-refractivity contribution in [2.24, 2.45) is 5.92 Å². The normalized spacial score (nSPS) is 41.5. The summed E-state index contributed by atoms with van der Waals surface area (Å²) in [6, 6.07) is -0.171. The lowest BCUT2D eigenvalue weighted by atomic mass is 9.82. The highest BCUT2D eigenvalue weighted by Gasteiger charge is 2.50. The SMILES string of the molecule is B[C@@H]1O[C@](C#CC)(CO)[C@H](O)[C@H]1C=C. The van der Waals surface area contributed by atoms with Crippen LogP contribution in [0.15, 0.2) is 12.7 Å². The first kappa shape index (κ1) is 11.3. The van der Waals surface area contributed by atoms with Crippen LogP contribution in [0.5, 0.6) is 0 Å². The van der Waals surface area contributed by atoms with Crippen LogP contribution in [0.3, 0.4) is 0 Å². The highest BCUT2D eigenvalue weighted by atomic mass is 16.5. The van der Waals surface area contributed by atoms with Crippen molar-refractivity contribution in [1.82, 2.24) is 0 Å². The average molecular weight is 194 g/mol. The van der Waals surface area contributed by atoms with Crippen LogP contribution >= 0.6 is 0 Å². The zero-order chi connectivity index (χ0) is 10.8. The molecule has 0 aromatic heterocycles. The predicted molar refractivity (Wildman–Crippen MR) is 56.4 cm³/mol. The fraction of sp³-hybridized carbons (Fsp3) is 0.600. The van der Waals surface area contributed by atoms with Crippen LogP contribution < -0.4 is 0 Å². The Bertz CT molecular complexity index is 281. The van der Waals surface area contributed by atoms with E-state index in [-0.39, 0.29) is 18.5 Å². The monoisotopic (exact) mass is 194 g/mol. The standard InChI is InChI=1S/C10H15BO3/c1-3-5-10(6-12)8(13)7(4-2)9(11)14-10/h4,7-9,12-13H,2,6,11H2,1H3/t7-,8-,9-,10-/m1/s1. The smallest absolute Gasteiger partial charge is 0.177 e. The quantitative estimate of drug-likeness (QED) is 0.333. The van der Waals surface area contributed by atoms with Gasteiger partial charge in [-0.25, -0.2) is 0 Å². The summed E-state index contributed by atoms with van der Waals surface area (Å²) in [6.07, 6.45) is 0.830. The summed E-state index contributed by atoms with van der Waals surface area (Å²) in [5, 5.41) is 19.2. The van der Waals surface area contributed by atoms with E-state index in [1.165, 1.54) is 0 Å². The minimum atomic E-state index is -1.13. The second-order valence-corrected chi connectivity index (χ2v) is 3.50. The van der Waals surface area contributed by atoms with Gasteiger partial charge in [-0.05, 0) is 6.92 Å². The van der Waals surface area contributed by atoms with Gasteiger partial charge in [0.05, 0.1) is 6.61 Å². The molecule has 2 N–H and O–H groups in total. The van der Waals surface area contributed by atoms with Gasteiger partial charge in [-0.1, -0.05) is 12.0 Å². The molecular formula is C10H15BO3. The molecule has 0 spiro atoms. The molecule has 4 heteroatoms. The van der Waals surface area contributed by atoms with Crippen LogP contribution in [0, 0.1) is 17.8 Å². The molecule has 1 heterocycles. The highest BCUT2D eigenvalue weighted by Crippen LogP contribution is 2.34. The topological polar surface area (TPSA) is 49.7 Å². The summed E-state index contributed by atoms with van der Waals surface area (Å²) in [5.41, 5.74) is -1.13. The van der Waals surface area contributed by atoms with Gasteiger partial charge in [0.1, 0.15) is 14.0 Å². The number of aliphatic hydroxyl groups excluding tert-OH is 2. The number of ether oxygens (including phenoxy) is 1. The van der Waals surface area contributed by atoms with Crippen molar-refractivity contribution in [3.63, 3.8) is 0 Å². The molecule has 1 fully saturated rings. The predicted octanol–water partition coefficient (Wildman–Crippen LogP) is -1.11. The van der Waals surface area contributed by atoms with Gasteiger partial charge >= 0.3 is 0 Å². The van der Waals surface area contributed by atoms with E-state index in [1.54, 1.807) is 13.0 Å². The van der Waals surface area contributed by atoms with E-state index in [2.05, 4.69) is 18.4 Å². The van der Waals surface area contributed by atoms with E-state index in [4.69, 9.17) is 4.74 Å². The molecule has 0 bridgehead atoms. The average Bonchev–Trinajstić information content (AvgIpc) is 2.40. The lowest BCUT2D eigenvalue weighted by Crippen LogP contribution is -2.43. The van der Waals surface area contributed by atoms with Crippen molar-refractivity contribution in [3.05, 3.63) is 12.7 Å². The second-order valence-electron chi connectivity index (χ2n) is 3.50. The molecule has 1 rings (SSSR count). The van der Waals surface area contributed by atoms with Crippen molar-refractivity contribution in [2.45, 2.75) is 24.6 Å². The summed E-state index contributed by atoms with van der Waals surface area (Å²) >= 11 is 0. The van der Waals surface area contributed by atoms with Gasteiger partial charge in [0.25, 0.3) is 0 Å². The Morgan fingerprint density at radius 2 is 2.36 bits per heavy atom. The van der Waals surface area contributed by atoms with Gasteiger partial charge in [-0.15, -0.1) is 12.5 Å². The second kappa shape index (κ2) is 4.18. The third-order valence-electron chi connectivity index (χ3n) is 2.62. The third-order valence-corrected chi connectivity index (χ3v) is 2.62. The Kier molecular flexibility index (Phi) is 3.38. The molecule has 76 valence electrons. The van der Waals surface area contributed by atoms with Crippen LogP contribution in [0.4, 0.5) is 0 Å². The van der Waals surface area contributed by atoms with Crippen molar-refractivity contribution < 1.29 is 14.9 Å².